The van der Waals surface area contributed by atoms with Crippen LogP contribution in [-0.2, 0) is 6.54 Å². The lowest BCUT2D eigenvalue weighted by Gasteiger charge is -2.01. The summed E-state index contributed by atoms with van der Waals surface area (Å²) in [7, 11) is 0. The average molecular weight is 455 g/mol. The summed E-state index contributed by atoms with van der Waals surface area (Å²) in [4.78, 5) is 16.4. The quantitative estimate of drug-likeness (QED) is 0.183. The van der Waals surface area contributed by atoms with Crippen molar-refractivity contribution in [1.29, 1.82) is 0 Å². The van der Waals surface area contributed by atoms with Gasteiger partial charge in [0.15, 0.2) is 5.76 Å². The average Bonchev–Trinajstić information content (AvgIpc) is 3.46. The molecule has 0 saturated carbocycles. The predicted octanol–water partition coefficient (Wildman–Crippen LogP) is 5.85. The highest BCUT2D eigenvalue weighted by molar-refractivity contribution is 7.07. The Labute approximate surface area is 192 Å². The SMILES string of the molecule is O=[N+]([O-])c1ccccc1C=Nn1c(-c2cc3ccccc3o2)csc1=NCc1ccccc1. The van der Waals surface area contributed by atoms with E-state index in [0.717, 1.165) is 22.2 Å². The zero-order valence-electron chi connectivity index (χ0n) is 17.4. The molecule has 5 aromatic rings. The van der Waals surface area contributed by atoms with Crippen molar-refractivity contribution in [3.05, 3.63) is 116 Å². The molecule has 0 saturated heterocycles. The number of nitro benzene ring substituents is 1. The summed E-state index contributed by atoms with van der Waals surface area (Å²) in [6, 6.07) is 26.2. The fourth-order valence-electron chi connectivity index (χ4n) is 3.42. The molecule has 2 heterocycles. The lowest BCUT2D eigenvalue weighted by molar-refractivity contribution is -0.385. The van der Waals surface area contributed by atoms with Gasteiger partial charge in [-0.1, -0.05) is 60.7 Å². The van der Waals surface area contributed by atoms with Gasteiger partial charge in [0.25, 0.3) is 5.69 Å². The third-order valence-corrected chi connectivity index (χ3v) is 5.90. The number of nitrogens with zero attached hydrogens (tertiary/aromatic N) is 4. The fourth-order valence-corrected chi connectivity index (χ4v) is 4.24. The molecule has 0 radical (unpaired) electrons. The largest absolute Gasteiger partial charge is 0.454 e. The Morgan fingerprint density at radius 3 is 2.58 bits per heavy atom. The second kappa shape index (κ2) is 9.05. The van der Waals surface area contributed by atoms with Gasteiger partial charge in [0.2, 0.25) is 4.80 Å². The van der Waals surface area contributed by atoms with Crippen LogP contribution in [0.15, 0.2) is 105 Å². The summed E-state index contributed by atoms with van der Waals surface area (Å²) >= 11 is 1.43. The third kappa shape index (κ3) is 4.37. The molecule has 8 heteroatoms. The number of benzene rings is 3. The molecule has 2 aromatic heterocycles. The summed E-state index contributed by atoms with van der Waals surface area (Å²) in [5.74, 6) is 0.647. The number of hydrogen-bond donors (Lipinski definition) is 0. The molecule has 0 amide bonds. The van der Waals surface area contributed by atoms with Crippen LogP contribution in [0.3, 0.4) is 0 Å². The van der Waals surface area contributed by atoms with Crippen molar-refractivity contribution >= 4 is 34.2 Å². The van der Waals surface area contributed by atoms with Gasteiger partial charge in [0.1, 0.15) is 11.3 Å². The highest BCUT2D eigenvalue weighted by Gasteiger charge is 2.14. The Morgan fingerprint density at radius 1 is 1.00 bits per heavy atom. The molecule has 33 heavy (non-hydrogen) atoms. The van der Waals surface area contributed by atoms with Crippen LogP contribution >= 0.6 is 11.3 Å². The Morgan fingerprint density at radius 2 is 1.76 bits per heavy atom. The minimum atomic E-state index is -0.416. The standard InChI is InChI=1S/C25H18N4O3S/c30-29(31)21-12-6-4-11-20(21)16-27-28-22(24-14-19-10-5-7-13-23(19)32-24)17-33-25(28)26-15-18-8-2-1-3-9-18/h1-14,16-17H,15H2. The molecule has 0 aliphatic heterocycles. The molecule has 0 aliphatic carbocycles. The predicted molar refractivity (Wildman–Crippen MR) is 129 cm³/mol. The highest BCUT2D eigenvalue weighted by atomic mass is 32.1. The Hall–Kier alpha value is -4.30. The van der Waals surface area contributed by atoms with Crippen molar-refractivity contribution in [2.45, 2.75) is 6.54 Å². The summed E-state index contributed by atoms with van der Waals surface area (Å²) < 4.78 is 7.72. The number of para-hydroxylation sites is 2. The van der Waals surface area contributed by atoms with Crippen LogP contribution in [0.1, 0.15) is 11.1 Å². The molecule has 162 valence electrons. The van der Waals surface area contributed by atoms with E-state index in [9.17, 15) is 10.1 Å². The number of hydrogen-bond acceptors (Lipinski definition) is 6. The van der Waals surface area contributed by atoms with Crippen molar-refractivity contribution in [2.24, 2.45) is 10.1 Å². The Bertz CT molecular complexity index is 1500. The number of nitro groups is 1. The zero-order valence-corrected chi connectivity index (χ0v) is 18.2. The topological polar surface area (TPSA) is 85.9 Å². The minimum Gasteiger partial charge on any atom is -0.454 e. The number of rotatable bonds is 6. The van der Waals surface area contributed by atoms with Gasteiger partial charge in [-0.2, -0.15) is 5.10 Å². The van der Waals surface area contributed by atoms with Crippen LogP contribution in [0, 0.1) is 10.1 Å². The van der Waals surface area contributed by atoms with Crippen molar-refractivity contribution < 1.29 is 9.34 Å². The van der Waals surface area contributed by atoms with Gasteiger partial charge < -0.3 is 4.42 Å². The van der Waals surface area contributed by atoms with Crippen LogP contribution in [0.2, 0.25) is 0 Å². The fraction of sp³-hybridized carbons (Fsp3) is 0.0400. The van der Waals surface area contributed by atoms with Crippen molar-refractivity contribution in [3.8, 4) is 11.5 Å². The molecule has 0 unspecified atom stereocenters. The van der Waals surface area contributed by atoms with Gasteiger partial charge in [-0.3, -0.25) is 15.1 Å². The van der Waals surface area contributed by atoms with Gasteiger partial charge in [0, 0.05) is 16.8 Å². The molecule has 7 nitrogen and oxygen atoms in total. The third-order valence-electron chi connectivity index (χ3n) is 5.05. The first-order chi connectivity index (χ1) is 16.2. The van der Waals surface area contributed by atoms with Crippen LogP contribution < -0.4 is 4.80 Å². The van der Waals surface area contributed by atoms with Gasteiger partial charge >= 0.3 is 0 Å². The van der Waals surface area contributed by atoms with Gasteiger partial charge in [0.05, 0.1) is 23.2 Å². The van der Waals surface area contributed by atoms with Gasteiger partial charge in [-0.05, 0) is 23.8 Å². The lowest BCUT2D eigenvalue weighted by atomic mass is 10.2. The molecular weight excluding hydrogens is 436 g/mol. The first-order valence-corrected chi connectivity index (χ1v) is 11.1. The molecule has 0 atom stereocenters. The summed E-state index contributed by atoms with van der Waals surface area (Å²) in [5.41, 5.74) is 2.97. The molecule has 0 spiro atoms. The van der Waals surface area contributed by atoms with E-state index in [1.54, 1.807) is 22.9 Å². The van der Waals surface area contributed by atoms with E-state index in [0.29, 0.717) is 22.7 Å². The number of fused-ring (bicyclic) bond motifs is 1. The molecule has 0 fully saturated rings. The molecule has 0 bridgehead atoms. The second-order valence-corrected chi connectivity index (χ2v) is 8.06. The zero-order chi connectivity index (χ0) is 22.6. The normalized spacial score (nSPS) is 12.1. The number of furan rings is 1. The first kappa shape index (κ1) is 20.6. The summed E-state index contributed by atoms with van der Waals surface area (Å²) in [5, 5.41) is 18.9. The molecule has 0 N–H and O–H groups in total. The lowest BCUT2D eigenvalue weighted by Crippen LogP contribution is -2.12. The molecule has 5 rings (SSSR count). The maximum atomic E-state index is 11.4. The first-order valence-electron chi connectivity index (χ1n) is 10.2. The van der Waals surface area contributed by atoms with E-state index < -0.39 is 4.92 Å². The maximum absolute atomic E-state index is 11.4. The van der Waals surface area contributed by atoms with Crippen molar-refractivity contribution in [1.82, 2.24) is 4.68 Å². The molecule has 0 aliphatic rings. The van der Waals surface area contributed by atoms with Crippen LogP contribution in [0.5, 0.6) is 0 Å². The van der Waals surface area contributed by atoms with Gasteiger partial charge in [-0.15, -0.1) is 11.3 Å². The maximum Gasteiger partial charge on any atom is 0.278 e. The monoisotopic (exact) mass is 454 g/mol. The number of aromatic nitrogens is 1. The van der Waals surface area contributed by atoms with Gasteiger partial charge in [-0.25, -0.2) is 4.68 Å². The van der Waals surface area contributed by atoms with E-state index in [2.05, 4.69) is 5.10 Å². The smallest absolute Gasteiger partial charge is 0.278 e. The summed E-state index contributed by atoms with van der Waals surface area (Å²) in [6.07, 6.45) is 1.48. The van der Waals surface area contributed by atoms with Crippen molar-refractivity contribution in [3.63, 3.8) is 0 Å². The summed E-state index contributed by atoms with van der Waals surface area (Å²) in [6.45, 7) is 0.488. The van der Waals surface area contributed by atoms with E-state index in [1.807, 2.05) is 66.0 Å². The molecule has 3 aromatic carbocycles. The number of thiazole rings is 1. The van der Waals surface area contributed by atoms with E-state index in [4.69, 9.17) is 9.41 Å². The van der Waals surface area contributed by atoms with Crippen molar-refractivity contribution in [2.75, 3.05) is 0 Å². The van der Waals surface area contributed by atoms with E-state index in [-0.39, 0.29) is 5.69 Å². The van der Waals surface area contributed by atoms with E-state index in [1.165, 1.54) is 23.6 Å². The van der Waals surface area contributed by atoms with Crippen LogP contribution in [0.25, 0.3) is 22.4 Å². The Kier molecular flexibility index (Phi) is 5.65. The Balaban J connectivity index is 1.61. The minimum absolute atomic E-state index is 0.00913. The highest BCUT2D eigenvalue weighted by Crippen LogP contribution is 2.28. The van der Waals surface area contributed by atoms with Crippen LogP contribution in [0.4, 0.5) is 5.69 Å². The molecular formula is C25H18N4O3S. The van der Waals surface area contributed by atoms with E-state index >= 15 is 0 Å². The second-order valence-electron chi connectivity index (χ2n) is 7.23. The van der Waals surface area contributed by atoms with Crippen LogP contribution in [-0.4, -0.2) is 15.8 Å².